The Morgan fingerprint density at radius 1 is 1.14 bits per heavy atom. The molecule has 0 saturated carbocycles. The third kappa shape index (κ3) is 3.25. The molecule has 0 spiro atoms. The fraction of sp³-hybridized carbons (Fsp3) is 0.429. The number of ketones is 1. The minimum Gasteiger partial charge on any atom is -0.385 e. The zero-order valence-electron chi connectivity index (χ0n) is 11.5. The number of amides is 1. The average Bonchev–Trinajstić information content (AvgIpc) is 2.68. The van der Waals surface area contributed by atoms with Crippen LogP contribution in [0.2, 0.25) is 0 Å². The summed E-state index contributed by atoms with van der Waals surface area (Å²) >= 11 is 0. The quantitative estimate of drug-likeness (QED) is 0.566. The maximum Gasteiger partial charge on any atom is 0.299 e. The van der Waals surface area contributed by atoms with E-state index >= 15 is 0 Å². The lowest BCUT2D eigenvalue weighted by Gasteiger charge is -2.17. The molecule has 2 rings (SSSR count). The normalized spacial score (nSPS) is 14.0. The van der Waals surface area contributed by atoms with E-state index in [1.807, 2.05) is 0 Å². The number of Topliss-reactive ketones (excluding diaryl/α,β-unsaturated/α-hetero) is 1. The molecule has 114 valence electrons. The zero-order chi connectivity index (χ0) is 15.4. The van der Waals surface area contributed by atoms with Crippen LogP contribution in [0.1, 0.15) is 16.8 Å². The lowest BCUT2D eigenvalue weighted by atomic mass is 10.1. The van der Waals surface area contributed by atoms with Gasteiger partial charge in [-0.1, -0.05) is 0 Å². The van der Waals surface area contributed by atoms with Crippen molar-refractivity contribution in [2.45, 2.75) is 6.42 Å². The van der Waals surface area contributed by atoms with Crippen LogP contribution in [-0.2, 0) is 14.3 Å². The van der Waals surface area contributed by atoms with Gasteiger partial charge in [0.05, 0.1) is 17.9 Å². The first-order valence-corrected chi connectivity index (χ1v) is 6.48. The van der Waals surface area contributed by atoms with E-state index in [-0.39, 0.29) is 24.4 Å². The molecule has 0 saturated heterocycles. The van der Waals surface area contributed by atoms with Gasteiger partial charge in [0.25, 0.3) is 11.7 Å². The number of carbonyl (C=O) groups excluding carboxylic acids is 2. The van der Waals surface area contributed by atoms with Gasteiger partial charge in [-0.2, -0.15) is 0 Å². The van der Waals surface area contributed by atoms with Gasteiger partial charge in [0.15, 0.2) is 5.82 Å². The number of hydrogen-bond donors (Lipinski definition) is 0. The number of hydrogen-bond acceptors (Lipinski definition) is 4. The van der Waals surface area contributed by atoms with Crippen LogP contribution < -0.4 is 4.90 Å². The highest BCUT2D eigenvalue weighted by molar-refractivity contribution is 6.52. The predicted octanol–water partition coefficient (Wildman–Crippen LogP) is 1.55. The van der Waals surface area contributed by atoms with E-state index in [0.717, 1.165) is 11.0 Å². The van der Waals surface area contributed by atoms with Crippen LogP contribution in [0.3, 0.4) is 0 Å². The van der Waals surface area contributed by atoms with Crippen molar-refractivity contribution < 1.29 is 27.8 Å². The van der Waals surface area contributed by atoms with E-state index in [1.54, 1.807) is 7.11 Å². The second-order valence-corrected chi connectivity index (χ2v) is 4.53. The molecule has 1 aromatic carbocycles. The number of benzene rings is 1. The van der Waals surface area contributed by atoms with Crippen LogP contribution in [-0.4, -0.2) is 45.2 Å². The zero-order valence-corrected chi connectivity index (χ0v) is 11.5. The van der Waals surface area contributed by atoms with Crippen molar-refractivity contribution in [3.8, 4) is 0 Å². The van der Waals surface area contributed by atoms with E-state index in [0.29, 0.717) is 25.7 Å². The molecular formula is C14H15F2NO4. The summed E-state index contributed by atoms with van der Waals surface area (Å²) in [4.78, 5) is 24.5. The first kappa shape index (κ1) is 15.5. The van der Waals surface area contributed by atoms with Crippen LogP contribution in [0.5, 0.6) is 0 Å². The minimum absolute atomic E-state index is 0.0348. The summed E-state index contributed by atoms with van der Waals surface area (Å²) in [6, 6.07) is 1.52. The molecule has 1 aliphatic rings. The van der Waals surface area contributed by atoms with Crippen molar-refractivity contribution in [3.63, 3.8) is 0 Å². The molecule has 21 heavy (non-hydrogen) atoms. The highest BCUT2D eigenvalue weighted by atomic mass is 19.1. The SMILES string of the molecule is COCCCOCCN1C(=O)C(=O)c2cc(F)cc(F)c21. The molecule has 7 heteroatoms. The molecule has 1 amide bonds. The standard InChI is InChI=1S/C14H15F2NO4/c1-20-4-2-5-21-6-3-17-12-10(13(18)14(17)19)7-9(15)8-11(12)16/h7-8H,2-6H2,1H3. The van der Waals surface area contributed by atoms with Gasteiger partial charge in [0.1, 0.15) is 5.82 Å². The second kappa shape index (κ2) is 6.73. The van der Waals surface area contributed by atoms with Crippen molar-refractivity contribution >= 4 is 17.4 Å². The van der Waals surface area contributed by atoms with Crippen LogP contribution in [0.25, 0.3) is 0 Å². The summed E-state index contributed by atoms with van der Waals surface area (Å²) in [7, 11) is 1.58. The molecule has 1 heterocycles. The van der Waals surface area contributed by atoms with E-state index in [2.05, 4.69) is 0 Å². The summed E-state index contributed by atoms with van der Waals surface area (Å²) < 4.78 is 37.0. The number of fused-ring (bicyclic) bond motifs is 1. The van der Waals surface area contributed by atoms with Gasteiger partial charge in [0.2, 0.25) is 0 Å². The van der Waals surface area contributed by atoms with Crippen molar-refractivity contribution in [2.24, 2.45) is 0 Å². The third-order valence-electron chi connectivity index (χ3n) is 3.08. The Kier molecular flexibility index (Phi) is 4.98. The molecule has 0 aliphatic carbocycles. The maximum atomic E-state index is 13.8. The number of ether oxygens (including phenoxy) is 2. The molecule has 0 radical (unpaired) electrons. The van der Waals surface area contributed by atoms with Crippen LogP contribution in [0.15, 0.2) is 12.1 Å². The number of anilines is 1. The van der Waals surface area contributed by atoms with Gasteiger partial charge >= 0.3 is 0 Å². The Labute approximate surface area is 120 Å². The molecule has 0 atom stereocenters. The highest BCUT2D eigenvalue weighted by Gasteiger charge is 2.38. The molecule has 0 aromatic heterocycles. The van der Waals surface area contributed by atoms with Crippen LogP contribution in [0.4, 0.5) is 14.5 Å². The van der Waals surface area contributed by atoms with Crippen LogP contribution >= 0.6 is 0 Å². The van der Waals surface area contributed by atoms with Crippen molar-refractivity contribution in [1.82, 2.24) is 0 Å². The smallest absolute Gasteiger partial charge is 0.299 e. The van der Waals surface area contributed by atoms with Gasteiger partial charge < -0.3 is 9.47 Å². The Morgan fingerprint density at radius 3 is 2.62 bits per heavy atom. The third-order valence-corrected chi connectivity index (χ3v) is 3.08. The second-order valence-electron chi connectivity index (χ2n) is 4.53. The summed E-state index contributed by atoms with van der Waals surface area (Å²) in [6.07, 6.45) is 0.694. The van der Waals surface area contributed by atoms with E-state index in [9.17, 15) is 18.4 Å². The summed E-state index contributed by atoms with van der Waals surface area (Å²) in [6.45, 7) is 1.17. The molecule has 0 fully saturated rings. The van der Waals surface area contributed by atoms with Gasteiger partial charge in [-0.25, -0.2) is 8.78 Å². The highest BCUT2D eigenvalue weighted by Crippen LogP contribution is 2.32. The van der Waals surface area contributed by atoms with Crippen molar-refractivity contribution in [3.05, 3.63) is 29.3 Å². The van der Waals surface area contributed by atoms with E-state index in [1.165, 1.54) is 0 Å². The topological polar surface area (TPSA) is 55.8 Å². The first-order chi connectivity index (χ1) is 10.1. The molecule has 0 N–H and O–H groups in total. The van der Waals surface area contributed by atoms with Gasteiger partial charge in [-0.15, -0.1) is 0 Å². The summed E-state index contributed by atoms with van der Waals surface area (Å²) in [5.74, 6) is -3.58. The number of methoxy groups -OCH3 is 1. The average molecular weight is 299 g/mol. The fourth-order valence-corrected chi connectivity index (χ4v) is 2.13. The minimum atomic E-state index is -0.927. The summed E-state index contributed by atoms with van der Waals surface area (Å²) in [5, 5.41) is 0. The molecule has 0 bridgehead atoms. The first-order valence-electron chi connectivity index (χ1n) is 6.48. The molecule has 0 unspecified atom stereocenters. The summed E-state index contributed by atoms with van der Waals surface area (Å²) in [5.41, 5.74) is -0.413. The fourth-order valence-electron chi connectivity index (χ4n) is 2.13. The van der Waals surface area contributed by atoms with Crippen LogP contribution in [0, 0.1) is 11.6 Å². The number of rotatable bonds is 7. The maximum absolute atomic E-state index is 13.8. The Balaban J connectivity index is 2.02. The molecule has 1 aliphatic heterocycles. The molecule has 5 nitrogen and oxygen atoms in total. The van der Waals surface area contributed by atoms with Gasteiger partial charge in [0, 0.05) is 32.9 Å². The van der Waals surface area contributed by atoms with Crippen molar-refractivity contribution in [1.29, 1.82) is 0 Å². The molecule has 1 aromatic rings. The number of halogens is 2. The largest absolute Gasteiger partial charge is 0.385 e. The van der Waals surface area contributed by atoms with Crippen molar-refractivity contribution in [2.75, 3.05) is 38.4 Å². The Morgan fingerprint density at radius 2 is 1.90 bits per heavy atom. The lowest BCUT2D eigenvalue weighted by Crippen LogP contribution is -2.33. The monoisotopic (exact) mass is 299 g/mol. The Hall–Kier alpha value is -1.86. The Bertz CT molecular complexity index is 562. The van der Waals surface area contributed by atoms with Gasteiger partial charge in [-0.3, -0.25) is 14.5 Å². The predicted molar refractivity (Wildman–Crippen MR) is 70.4 cm³/mol. The lowest BCUT2D eigenvalue weighted by molar-refractivity contribution is -0.114. The number of carbonyl (C=O) groups is 2. The van der Waals surface area contributed by atoms with E-state index in [4.69, 9.17) is 9.47 Å². The van der Waals surface area contributed by atoms with Gasteiger partial charge in [-0.05, 0) is 12.5 Å². The molecular weight excluding hydrogens is 284 g/mol. The number of nitrogens with zero attached hydrogens (tertiary/aromatic N) is 1. The van der Waals surface area contributed by atoms with E-state index < -0.39 is 23.3 Å².